The number of nitrogens with zero attached hydrogens (tertiary/aromatic N) is 2. The molecule has 3 aromatic carbocycles. The molecule has 0 unspecified atom stereocenters. The third-order valence-electron chi connectivity index (χ3n) is 5.19. The van der Waals surface area contributed by atoms with E-state index in [1.807, 2.05) is 48.3 Å². The molecule has 0 radical (unpaired) electrons. The monoisotopic (exact) mass is 387 g/mol. The van der Waals surface area contributed by atoms with Crippen LogP contribution in [-0.4, -0.2) is 36.9 Å². The van der Waals surface area contributed by atoms with E-state index < -0.39 is 0 Å². The topological polar surface area (TPSA) is 52.7 Å². The summed E-state index contributed by atoms with van der Waals surface area (Å²) in [6.45, 7) is 1.73. The average Bonchev–Trinajstić information content (AvgIpc) is 3.14. The number of nitrogens with one attached hydrogen (secondary N) is 1. The number of fused-ring (bicyclic) bond motifs is 1. The van der Waals surface area contributed by atoms with Crippen LogP contribution in [0.3, 0.4) is 0 Å². The number of rotatable bonds is 6. The van der Waals surface area contributed by atoms with Gasteiger partial charge in [-0.05, 0) is 54.1 Å². The van der Waals surface area contributed by atoms with Crippen LogP contribution < -0.4 is 10.2 Å². The van der Waals surface area contributed by atoms with Crippen molar-refractivity contribution in [2.75, 3.05) is 30.4 Å². The maximum atomic E-state index is 12.5. The molecule has 0 saturated carbocycles. The summed E-state index contributed by atoms with van der Waals surface area (Å²) in [6, 6.07) is 22.1. The Kier molecular flexibility index (Phi) is 5.58. The molecule has 1 fully saturated rings. The van der Waals surface area contributed by atoms with E-state index in [2.05, 4.69) is 35.6 Å². The molecule has 0 spiro atoms. The van der Waals surface area contributed by atoms with Gasteiger partial charge in [0.2, 0.25) is 11.8 Å². The zero-order valence-corrected chi connectivity index (χ0v) is 16.6. The highest BCUT2D eigenvalue weighted by molar-refractivity contribution is 5.97. The van der Waals surface area contributed by atoms with Crippen molar-refractivity contribution < 1.29 is 9.59 Å². The molecule has 5 nitrogen and oxygen atoms in total. The van der Waals surface area contributed by atoms with Gasteiger partial charge in [0, 0.05) is 30.9 Å². The molecule has 0 atom stereocenters. The fourth-order valence-corrected chi connectivity index (χ4v) is 3.82. The number of hydrogen-bond acceptors (Lipinski definition) is 3. The highest BCUT2D eigenvalue weighted by Gasteiger charge is 2.21. The molecular weight excluding hydrogens is 362 g/mol. The van der Waals surface area contributed by atoms with Gasteiger partial charge in [-0.3, -0.25) is 14.5 Å². The molecule has 1 N–H and O–H groups in total. The fraction of sp³-hybridized carbons (Fsp3) is 0.250. The van der Waals surface area contributed by atoms with Gasteiger partial charge in [-0.15, -0.1) is 0 Å². The quantitative estimate of drug-likeness (QED) is 0.695. The standard InChI is InChI=1S/C24H25N3O2/c1-26(16-18-11-12-19-6-2-3-7-20(19)14-18)17-23(28)25-21-8-4-9-22(15-21)27-13-5-10-24(27)29/h2-4,6-9,11-12,14-15H,5,10,13,16-17H2,1H3,(H,25,28). The maximum absolute atomic E-state index is 12.5. The second-order valence-electron chi connectivity index (χ2n) is 7.60. The Morgan fingerprint density at radius 3 is 2.66 bits per heavy atom. The van der Waals surface area contributed by atoms with Gasteiger partial charge in [0.15, 0.2) is 0 Å². The second kappa shape index (κ2) is 8.45. The van der Waals surface area contributed by atoms with Crippen LogP contribution in [0.25, 0.3) is 10.8 Å². The van der Waals surface area contributed by atoms with Crippen molar-refractivity contribution in [2.45, 2.75) is 19.4 Å². The largest absolute Gasteiger partial charge is 0.325 e. The minimum absolute atomic E-state index is 0.0711. The minimum Gasteiger partial charge on any atom is -0.325 e. The Labute approximate surface area is 170 Å². The van der Waals surface area contributed by atoms with Gasteiger partial charge < -0.3 is 10.2 Å². The van der Waals surface area contributed by atoms with E-state index in [1.54, 1.807) is 4.90 Å². The van der Waals surface area contributed by atoms with Gasteiger partial charge in [0.25, 0.3) is 0 Å². The Morgan fingerprint density at radius 1 is 1.03 bits per heavy atom. The number of amides is 2. The molecule has 1 saturated heterocycles. The lowest BCUT2D eigenvalue weighted by Crippen LogP contribution is -2.30. The van der Waals surface area contributed by atoms with Crippen molar-refractivity contribution in [2.24, 2.45) is 0 Å². The Bertz CT molecular complexity index is 1050. The summed E-state index contributed by atoms with van der Waals surface area (Å²) in [5, 5.41) is 5.37. The van der Waals surface area contributed by atoms with Crippen molar-refractivity contribution >= 4 is 34.0 Å². The van der Waals surface area contributed by atoms with Crippen LogP contribution in [0.1, 0.15) is 18.4 Å². The molecule has 1 aliphatic rings. The summed E-state index contributed by atoms with van der Waals surface area (Å²) >= 11 is 0. The van der Waals surface area contributed by atoms with Crippen LogP contribution in [-0.2, 0) is 16.1 Å². The maximum Gasteiger partial charge on any atom is 0.238 e. The number of carbonyl (C=O) groups excluding carboxylic acids is 2. The lowest BCUT2D eigenvalue weighted by atomic mass is 10.1. The molecule has 3 aromatic rings. The highest BCUT2D eigenvalue weighted by atomic mass is 16.2. The van der Waals surface area contributed by atoms with E-state index in [-0.39, 0.29) is 11.8 Å². The Hall–Kier alpha value is -3.18. The zero-order valence-electron chi connectivity index (χ0n) is 16.6. The van der Waals surface area contributed by atoms with Crippen LogP contribution in [0.5, 0.6) is 0 Å². The van der Waals surface area contributed by atoms with Crippen molar-refractivity contribution in [3.8, 4) is 0 Å². The SMILES string of the molecule is CN(CC(=O)Nc1cccc(N2CCCC2=O)c1)Cc1ccc2ccccc2c1. The first-order chi connectivity index (χ1) is 14.1. The van der Waals surface area contributed by atoms with E-state index in [4.69, 9.17) is 0 Å². The summed E-state index contributed by atoms with van der Waals surface area (Å²) in [5.74, 6) is 0.0711. The summed E-state index contributed by atoms with van der Waals surface area (Å²) in [4.78, 5) is 28.2. The predicted octanol–water partition coefficient (Wildman–Crippen LogP) is 4.04. The van der Waals surface area contributed by atoms with Crippen LogP contribution in [0, 0.1) is 0 Å². The molecule has 29 heavy (non-hydrogen) atoms. The number of hydrogen-bond donors (Lipinski definition) is 1. The van der Waals surface area contributed by atoms with Crippen LogP contribution in [0.2, 0.25) is 0 Å². The smallest absolute Gasteiger partial charge is 0.238 e. The van der Waals surface area contributed by atoms with Gasteiger partial charge in [0.1, 0.15) is 0 Å². The minimum atomic E-state index is -0.0711. The summed E-state index contributed by atoms with van der Waals surface area (Å²) in [5.41, 5.74) is 2.73. The van der Waals surface area contributed by atoms with Crippen LogP contribution >= 0.6 is 0 Å². The molecular formula is C24H25N3O2. The van der Waals surface area contributed by atoms with E-state index in [0.29, 0.717) is 25.2 Å². The Balaban J connectivity index is 1.35. The molecule has 0 aromatic heterocycles. The fourth-order valence-electron chi connectivity index (χ4n) is 3.82. The molecule has 5 heteroatoms. The molecule has 148 valence electrons. The van der Waals surface area contributed by atoms with Gasteiger partial charge in [0.05, 0.1) is 6.54 Å². The Morgan fingerprint density at radius 2 is 1.86 bits per heavy atom. The lowest BCUT2D eigenvalue weighted by Gasteiger charge is -2.18. The van der Waals surface area contributed by atoms with Gasteiger partial charge >= 0.3 is 0 Å². The molecule has 4 rings (SSSR count). The number of anilines is 2. The third-order valence-corrected chi connectivity index (χ3v) is 5.19. The van der Waals surface area contributed by atoms with Crippen molar-refractivity contribution in [1.29, 1.82) is 0 Å². The molecule has 0 bridgehead atoms. The lowest BCUT2D eigenvalue weighted by molar-refractivity contribution is -0.117. The van der Waals surface area contributed by atoms with E-state index in [9.17, 15) is 9.59 Å². The highest BCUT2D eigenvalue weighted by Crippen LogP contribution is 2.24. The first kappa shape index (κ1) is 19.2. The van der Waals surface area contributed by atoms with Gasteiger partial charge in [-0.1, -0.05) is 42.5 Å². The number of likely N-dealkylation sites (N-methyl/N-ethyl adjacent to an activating group) is 1. The van der Waals surface area contributed by atoms with Gasteiger partial charge in [-0.2, -0.15) is 0 Å². The summed E-state index contributed by atoms with van der Waals surface area (Å²) in [6.07, 6.45) is 1.48. The average molecular weight is 387 g/mol. The summed E-state index contributed by atoms with van der Waals surface area (Å²) in [7, 11) is 1.94. The molecule has 0 aliphatic carbocycles. The molecule has 1 aliphatic heterocycles. The normalized spacial score (nSPS) is 14.0. The predicted molar refractivity (Wildman–Crippen MR) is 117 cm³/mol. The molecule has 1 heterocycles. The van der Waals surface area contributed by atoms with Crippen molar-refractivity contribution in [3.63, 3.8) is 0 Å². The molecule has 2 amide bonds. The van der Waals surface area contributed by atoms with Gasteiger partial charge in [-0.25, -0.2) is 0 Å². The van der Waals surface area contributed by atoms with Crippen LogP contribution in [0.15, 0.2) is 66.7 Å². The van der Waals surface area contributed by atoms with E-state index in [1.165, 1.54) is 16.3 Å². The van der Waals surface area contributed by atoms with Crippen molar-refractivity contribution in [1.82, 2.24) is 4.90 Å². The number of carbonyl (C=O) groups is 2. The second-order valence-corrected chi connectivity index (χ2v) is 7.60. The first-order valence-electron chi connectivity index (χ1n) is 9.95. The van der Waals surface area contributed by atoms with Crippen LogP contribution in [0.4, 0.5) is 11.4 Å². The summed E-state index contributed by atoms with van der Waals surface area (Å²) < 4.78 is 0. The van der Waals surface area contributed by atoms with E-state index in [0.717, 1.165) is 18.7 Å². The zero-order chi connectivity index (χ0) is 20.2. The van der Waals surface area contributed by atoms with Crippen molar-refractivity contribution in [3.05, 3.63) is 72.3 Å². The van der Waals surface area contributed by atoms with E-state index >= 15 is 0 Å². The third kappa shape index (κ3) is 4.63. The first-order valence-corrected chi connectivity index (χ1v) is 9.95. The number of benzene rings is 3.